The SMILES string of the molecule is C[Si](C)(C)O[C@@H](C1=CC[C@@H](C=O)CC1)c1ccccc1. The van der Waals surface area contributed by atoms with Crippen LogP contribution < -0.4 is 0 Å². The van der Waals surface area contributed by atoms with E-state index in [9.17, 15) is 4.79 Å². The Bertz CT molecular complexity index is 474. The van der Waals surface area contributed by atoms with Crippen LogP contribution in [0, 0.1) is 5.92 Å². The monoisotopic (exact) mass is 288 g/mol. The predicted octanol–water partition coefficient (Wildman–Crippen LogP) is 4.50. The van der Waals surface area contributed by atoms with Crippen molar-refractivity contribution in [3.63, 3.8) is 0 Å². The molecular weight excluding hydrogens is 264 g/mol. The Labute approximate surface area is 123 Å². The summed E-state index contributed by atoms with van der Waals surface area (Å²) in [5, 5.41) is 0. The number of aldehydes is 1. The summed E-state index contributed by atoms with van der Waals surface area (Å²) in [4.78, 5) is 10.9. The topological polar surface area (TPSA) is 26.3 Å². The molecule has 0 aromatic heterocycles. The quantitative estimate of drug-likeness (QED) is 0.453. The minimum atomic E-state index is -1.62. The van der Waals surface area contributed by atoms with Crippen LogP contribution in [0.15, 0.2) is 42.0 Å². The minimum Gasteiger partial charge on any atom is -0.407 e. The Kier molecular flexibility index (Phi) is 4.94. The number of carbonyl (C=O) groups excluding carboxylic acids is 1. The van der Waals surface area contributed by atoms with Gasteiger partial charge in [-0.1, -0.05) is 36.4 Å². The fraction of sp³-hybridized carbons (Fsp3) is 0.471. The molecule has 2 rings (SSSR count). The summed E-state index contributed by atoms with van der Waals surface area (Å²) in [6.45, 7) is 6.67. The Morgan fingerprint density at radius 1 is 1.25 bits per heavy atom. The smallest absolute Gasteiger partial charge is 0.185 e. The van der Waals surface area contributed by atoms with Crippen LogP contribution in [-0.2, 0) is 9.22 Å². The third kappa shape index (κ3) is 4.15. The van der Waals surface area contributed by atoms with Crippen molar-refractivity contribution >= 4 is 14.6 Å². The maximum atomic E-state index is 10.9. The molecule has 0 bridgehead atoms. The van der Waals surface area contributed by atoms with E-state index in [-0.39, 0.29) is 12.0 Å². The van der Waals surface area contributed by atoms with Gasteiger partial charge in [-0.05, 0) is 50.0 Å². The first kappa shape index (κ1) is 15.2. The lowest BCUT2D eigenvalue weighted by atomic mass is 9.86. The zero-order chi connectivity index (χ0) is 14.6. The third-order valence-electron chi connectivity index (χ3n) is 3.59. The van der Waals surface area contributed by atoms with Gasteiger partial charge in [0.05, 0.1) is 6.10 Å². The molecule has 20 heavy (non-hydrogen) atoms. The highest BCUT2D eigenvalue weighted by Gasteiger charge is 2.27. The maximum Gasteiger partial charge on any atom is 0.185 e. The van der Waals surface area contributed by atoms with Crippen LogP contribution in [0.3, 0.4) is 0 Å². The molecule has 0 spiro atoms. The average molecular weight is 288 g/mol. The first-order chi connectivity index (χ1) is 9.49. The van der Waals surface area contributed by atoms with Crippen molar-refractivity contribution in [1.29, 1.82) is 0 Å². The van der Waals surface area contributed by atoms with E-state index in [4.69, 9.17) is 4.43 Å². The van der Waals surface area contributed by atoms with Crippen LogP contribution in [0.4, 0.5) is 0 Å². The lowest BCUT2D eigenvalue weighted by Crippen LogP contribution is -2.29. The Morgan fingerprint density at radius 3 is 2.45 bits per heavy atom. The van der Waals surface area contributed by atoms with Crippen molar-refractivity contribution in [3.05, 3.63) is 47.5 Å². The molecule has 1 aliphatic carbocycles. The summed E-state index contributed by atoms with van der Waals surface area (Å²) >= 11 is 0. The molecule has 1 aliphatic rings. The van der Waals surface area contributed by atoms with Gasteiger partial charge in [0.25, 0.3) is 0 Å². The summed E-state index contributed by atoms with van der Waals surface area (Å²) in [5.74, 6) is 0.196. The lowest BCUT2D eigenvalue weighted by Gasteiger charge is -2.31. The van der Waals surface area contributed by atoms with E-state index in [0.717, 1.165) is 25.5 Å². The second-order valence-corrected chi connectivity index (χ2v) is 10.9. The van der Waals surface area contributed by atoms with Crippen LogP contribution in [0.1, 0.15) is 30.9 Å². The van der Waals surface area contributed by atoms with Crippen molar-refractivity contribution in [2.24, 2.45) is 5.92 Å². The fourth-order valence-electron chi connectivity index (χ4n) is 2.58. The van der Waals surface area contributed by atoms with Crippen molar-refractivity contribution in [2.75, 3.05) is 0 Å². The van der Waals surface area contributed by atoms with Crippen molar-refractivity contribution < 1.29 is 9.22 Å². The van der Waals surface area contributed by atoms with Gasteiger partial charge < -0.3 is 9.22 Å². The van der Waals surface area contributed by atoms with Crippen LogP contribution in [-0.4, -0.2) is 14.6 Å². The Hall–Kier alpha value is -1.19. The summed E-state index contributed by atoms with van der Waals surface area (Å²) in [6.07, 6.45) is 6.15. The van der Waals surface area contributed by atoms with E-state index < -0.39 is 8.32 Å². The van der Waals surface area contributed by atoms with E-state index in [2.05, 4.69) is 50.0 Å². The molecule has 3 heteroatoms. The number of rotatable bonds is 5. The van der Waals surface area contributed by atoms with E-state index >= 15 is 0 Å². The zero-order valence-corrected chi connectivity index (χ0v) is 13.6. The summed E-state index contributed by atoms with van der Waals surface area (Å²) < 4.78 is 6.41. The molecule has 108 valence electrons. The molecule has 0 N–H and O–H groups in total. The summed E-state index contributed by atoms with van der Waals surface area (Å²) in [7, 11) is -1.62. The molecule has 0 saturated carbocycles. The van der Waals surface area contributed by atoms with Crippen LogP contribution in [0.2, 0.25) is 19.6 Å². The van der Waals surface area contributed by atoms with Crippen molar-refractivity contribution in [3.8, 4) is 0 Å². The van der Waals surface area contributed by atoms with E-state index in [1.165, 1.54) is 11.1 Å². The van der Waals surface area contributed by atoms with Crippen LogP contribution >= 0.6 is 0 Å². The summed E-state index contributed by atoms with van der Waals surface area (Å²) in [5.41, 5.74) is 2.57. The standard InChI is InChI=1S/C17H24O2Si/c1-20(2,3)19-17(15-7-5-4-6-8-15)16-11-9-14(13-18)10-12-16/h4-8,11,13-14,17H,9-10,12H2,1-3H3/t14-,17-/m1/s1. The molecule has 1 aromatic rings. The van der Waals surface area contributed by atoms with Crippen LogP contribution in [0.5, 0.6) is 0 Å². The van der Waals surface area contributed by atoms with Crippen molar-refractivity contribution in [1.82, 2.24) is 0 Å². The number of benzene rings is 1. The van der Waals surface area contributed by atoms with Gasteiger partial charge in [-0.2, -0.15) is 0 Å². The molecule has 1 aromatic carbocycles. The second-order valence-electron chi connectivity index (χ2n) is 6.47. The normalized spacial score (nSPS) is 21.1. The Morgan fingerprint density at radius 2 is 1.95 bits per heavy atom. The number of hydrogen-bond acceptors (Lipinski definition) is 2. The van der Waals surface area contributed by atoms with Crippen molar-refractivity contribution in [2.45, 2.75) is 45.0 Å². The molecule has 0 radical (unpaired) electrons. The highest BCUT2D eigenvalue weighted by Crippen LogP contribution is 2.36. The first-order valence-electron chi connectivity index (χ1n) is 7.36. The second kappa shape index (κ2) is 6.51. The lowest BCUT2D eigenvalue weighted by molar-refractivity contribution is -0.111. The number of allylic oxidation sites excluding steroid dienone is 1. The van der Waals surface area contributed by atoms with Gasteiger partial charge in [0.2, 0.25) is 0 Å². The van der Waals surface area contributed by atoms with Gasteiger partial charge in [0, 0.05) is 5.92 Å². The molecule has 0 aliphatic heterocycles. The zero-order valence-electron chi connectivity index (χ0n) is 12.6. The van der Waals surface area contributed by atoms with E-state index in [0.29, 0.717) is 0 Å². The van der Waals surface area contributed by atoms with Gasteiger partial charge in [0.1, 0.15) is 6.29 Å². The molecule has 0 amide bonds. The molecule has 0 unspecified atom stereocenters. The molecule has 2 atom stereocenters. The van der Waals surface area contributed by atoms with E-state index in [1.807, 2.05) is 6.07 Å². The molecule has 0 fully saturated rings. The van der Waals surface area contributed by atoms with Gasteiger partial charge in [-0.25, -0.2) is 0 Å². The maximum absolute atomic E-state index is 10.9. The van der Waals surface area contributed by atoms with Gasteiger partial charge in [0.15, 0.2) is 8.32 Å². The van der Waals surface area contributed by atoms with Gasteiger partial charge in [-0.3, -0.25) is 0 Å². The van der Waals surface area contributed by atoms with Gasteiger partial charge >= 0.3 is 0 Å². The minimum absolute atomic E-state index is 0.0652. The largest absolute Gasteiger partial charge is 0.407 e. The third-order valence-corrected chi connectivity index (χ3v) is 4.53. The number of carbonyl (C=O) groups is 1. The average Bonchev–Trinajstić information content (AvgIpc) is 2.45. The molecular formula is C17H24O2Si. The number of hydrogen-bond donors (Lipinski definition) is 0. The fourth-order valence-corrected chi connectivity index (χ4v) is 3.57. The summed E-state index contributed by atoms with van der Waals surface area (Å²) in [6, 6.07) is 10.4. The van der Waals surface area contributed by atoms with E-state index in [1.54, 1.807) is 0 Å². The van der Waals surface area contributed by atoms with Crippen LogP contribution in [0.25, 0.3) is 0 Å². The van der Waals surface area contributed by atoms with Gasteiger partial charge in [-0.15, -0.1) is 0 Å². The highest BCUT2D eigenvalue weighted by atomic mass is 28.4. The highest BCUT2D eigenvalue weighted by molar-refractivity contribution is 6.69. The molecule has 0 heterocycles. The molecule has 0 saturated heterocycles. The molecule has 2 nitrogen and oxygen atoms in total. The first-order valence-corrected chi connectivity index (χ1v) is 10.8. The predicted molar refractivity (Wildman–Crippen MR) is 85.1 cm³/mol. The Balaban J connectivity index is 2.24.